The average molecular weight is 402 g/mol. The molecule has 8 nitrogen and oxygen atoms in total. The molecule has 2 fully saturated rings. The SMILES string of the molecule is O=S(=O)(c1ccccc1F)N1CCN(c2nccn3c(C4CC4)nnc23)CC1. The van der Waals surface area contributed by atoms with Gasteiger partial charge in [0, 0.05) is 44.5 Å². The predicted octanol–water partition coefficient (Wildman–Crippen LogP) is 1.65. The van der Waals surface area contributed by atoms with E-state index in [-0.39, 0.29) is 18.0 Å². The van der Waals surface area contributed by atoms with Crippen LogP contribution in [0.25, 0.3) is 5.65 Å². The van der Waals surface area contributed by atoms with Crippen LogP contribution in [0, 0.1) is 5.82 Å². The smallest absolute Gasteiger partial charge is 0.246 e. The van der Waals surface area contributed by atoms with Gasteiger partial charge in [-0.15, -0.1) is 10.2 Å². The summed E-state index contributed by atoms with van der Waals surface area (Å²) in [5.41, 5.74) is 0.690. The van der Waals surface area contributed by atoms with Crippen LogP contribution in [0.3, 0.4) is 0 Å². The molecule has 28 heavy (non-hydrogen) atoms. The molecule has 10 heteroatoms. The maximum atomic E-state index is 14.0. The number of rotatable bonds is 4. The molecule has 1 aromatic carbocycles. The first kappa shape index (κ1) is 17.5. The standard InChI is InChI=1S/C18H19FN6O2S/c19-14-3-1-2-4-15(14)28(26,27)24-11-9-23(10-12-24)17-18-22-21-16(13-5-6-13)25(18)8-7-20-17/h1-4,7-8,13H,5-6,9-12H2. The van der Waals surface area contributed by atoms with Gasteiger partial charge in [-0.05, 0) is 25.0 Å². The third kappa shape index (κ3) is 2.83. The second-order valence-electron chi connectivity index (χ2n) is 7.10. The summed E-state index contributed by atoms with van der Waals surface area (Å²) >= 11 is 0. The van der Waals surface area contributed by atoms with Crippen LogP contribution in [0.5, 0.6) is 0 Å². The van der Waals surface area contributed by atoms with Crippen molar-refractivity contribution in [1.82, 2.24) is 23.9 Å². The van der Waals surface area contributed by atoms with Gasteiger partial charge in [0.1, 0.15) is 16.5 Å². The van der Waals surface area contributed by atoms with Crippen LogP contribution in [-0.4, -0.2) is 58.5 Å². The highest BCUT2D eigenvalue weighted by atomic mass is 32.2. The molecule has 0 N–H and O–H groups in total. The Labute approximate surface area is 161 Å². The van der Waals surface area contributed by atoms with E-state index in [2.05, 4.69) is 15.2 Å². The molecule has 2 aromatic heterocycles. The number of anilines is 1. The fourth-order valence-electron chi connectivity index (χ4n) is 3.61. The van der Waals surface area contributed by atoms with Gasteiger partial charge in [-0.1, -0.05) is 12.1 Å². The second kappa shape index (κ2) is 6.49. The molecule has 0 atom stereocenters. The van der Waals surface area contributed by atoms with E-state index in [0.29, 0.717) is 30.5 Å². The molecule has 1 aliphatic heterocycles. The minimum absolute atomic E-state index is 0.253. The fraction of sp³-hybridized carbons (Fsp3) is 0.389. The predicted molar refractivity (Wildman–Crippen MR) is 100 cm³/mol. The molecule has 1 saturated carbocycles. The van der Waals surface area contributed by atoms with Gasteiger partial charge in [0.2, 0.25) is 15.7 Å². The van der Waals surface area contributed by atoms with Gasteiger partial charge in [0.05, 0.1) is 0 Å². The number of aromatic nitrogens is 4. The Kier molecular flexibility index (Phi) is 4.06. The summed E-state index contributed by atoms with van der Waals surface area (Å²) in [6.45, 7) is 1.41. The largest absolute Gasteiger partial charge is 0.351 e. The van der Waals surface area contributed by atoms with Crippen molar-refractivity contribution in [2.45, 2.75) is 23.7 Å². The van der Waals surface area contributed by atoms with E-state index in [9.17, 15) is 12.8 Å². The maximum absolute atomic E-state index is 14.0. The molecule has 0 amide bonds. The second-order valence-corrected chi connectivity index (χ2v) is 9.00. The van der Waals surface area contributed by atoms with Crippen molar-refractivity contribution in [2.24, 2.45) is 0 Å². The molecule has 3 aromatic rings. The highest BCUT2D eigenvalue weighted by Crippen LogP contribution is 2.39. The molecule has 0 unspecified atom stereocenters. The van der Waals surface area contributed by atoms with Crippen LogP contribution >= 0.6 is 0 Å². The van der Waals surface area contributed by atoms with Crippen LogP contribution in [0.4, 0.5) is 10.2 Å². The van der Waals surface area contributed by atoms with Crippen molar-refractivity contribution in [1.29, 1.82) is 0 Å². The van der Waals surface area contributed by atoms with Gasteiger partial charge in [0.25, 0.3) is 0 Å². The summed E-state index contributed by atoms with van der Waals surface area (Å²) in [6, 6.07) is 5.47. The summed E-state index contributed by atoms with van der Waals surface area (Å²) in [5.74, 6) is 1.39. The van der Waals surface area contributed by atoms with Crippen molar-refractivity contribution in [3.05, 3.63) is 48.3 Å². The zero-order valence-electron chi connectivity index (χ0n) is 15.1. The Hall–Kier alpha value is -2.59. The van der Waals surface area contributed by atoms with E-state index in [1.54, 1.807) is 6.20 Å². The first-order chi connectivity index (χ1) is 13.6. The molecular formula is C18H19FN6O2S. The molecule has 1 aliphatic carbocycles. The highest BCUT2D eigenvalue weighted by molar-refractivity contribution is 7.89. The Morgan fingerprint density at radius 1 is 1.04 bits per heavy atom. The Morgan fingerprint density at radius 2 is 1.79 bits per heavy atom. The molecule has 3 heterocycles. The summed E-state index contributed by atoms with van der Waals surface area (Å²) in [5, 5.41) is 8.62. The third-order valence-corrected chi connectivity index (χ3v) is 7.20. The van der Waals surface area contributed by atoms with E-state index in [4.69, 9.17) is 0 Å². The minimum Gasteiger partial charge on any atom is -0.351 e. The van der Waals surface area contributed by atoms with E-state index in [1.807, 2.05) is 15.5 Å². The lowest BCUT2D eigenvalue weighted by Crippen LogP contribution is -2.49. The highest BCUT2D eigenvalue weighted by Gasteiger charge is 2.33. The number of fused-ring (bicyclic) bond motifs is 1. The van der Waals surface area contributed by atoms with Crippen molar-refractivity contribution < 1.29 is 12.8 Å². The molecular weight excluding hydrogens is 383 g/mol. The van der Waals surface area contributed by atoms with Crippen molar-refractivity contribution in [2.75, 3.05) is 31.1 Å². The van der Waals surface area contributed by atoms with Gasteiger partial charge in [-0.3, -0.25) is 4.40 Å². The van der Waals surface area contributed by atoms with E-state index < -0.39 is 15.8 Å². The van der Waals surface area contributed by atoms with Crippen molar-refractivity contribution in [3.63, 3.8) is 0 Å². The third-order valence-electron chi connectivity index (χ3n) is 5.27. The maximum Gasteiger partial charge on any atom is 0.246 e. The summed E-state index contributed by atoms with van der Waals surface area (Å²) in [6.07, 6.45) is 5.85. The van der Waals surface area contributed by atoms with E-state index in [0.717, 1.165) is 24.7 Å². The number of hydrogen-bond donors (Lipinski definition) is 0. The van der Waals surface area contributed by atoms with Gasteiger partial charge in [-0.2, -0.15) is 4.31 Å². The summed E-state index contributed by atoms with van der Waals surface area (Å²) in [4.78, 5) is 6.18. The Bertz CT molecular complexity index is 1140. The zero-order valence-corrected chi connectivity index (χ0v) is 15.9. The minimum atomic E-state index is -3.86. The average Bonchev–Trinajstić information content (AvgIpc) is 3.46. The molecule has 2 aliphatic rings. The van der Waals surface area contributed by atoms with Gasteiger partial charge >= 0.3 is 0 Å². The Balaban J connectivity index is 1.38. The van der Waals surface area contributed by atoms with Crippen LogP contribution < -0.4 is 4.90 Å². The molecule has 5 rings (SSSR count). The zero-order chi connectivity index (χ0) is 19.3. The van der Waals surface area contributed by atoms with Crippen molar-refractivity contribution >= 4 is 21.5 Å². The summed E-state index contributed by atoms with van der Waals surface area (Å²) in [7, 11) is -3.86. The van der Waals surface area contributed by atoms with Crippen LogP contribution in [0.1, 0.15) is 24.6 Å². The molecule has 0 spiro atoms. The quantitative estimate of drug-likeness (QED) is 0.660. The lowest BCUT2D eigenvalue weighted by atomic mass is 10.3. The topological polar surface area (TPSA) is 83.7 Å². The number of halogens is 1. The molecule has 0 bridgehead atoms. The Morgan fingerprint density at radius 3 is 2.50 bits per heavy atom. The molecule has 1 saturated heterocycles. The molecule has 0 radical (unpaired) electrons. The lowest BCUT2D eigenvalue weighted by Gasteiger charge is -2.34. The number of benzene rings is 1. The van der Waals surface area contributed by atoms with Crippen LogP contribution in [0.15, 0.2) is 41.6 Å². The number of sulfonamides is 1. The van der Waals surface area contributed by atoms with Gasteiger partial charge in [0.15, 0.2) is 5.82 Å². The monoisotopic (exact) mass is 402 g/mol. The lowest BCUT2D eigenvalue weighted by molar-refractivity contribution is 0.381. The number of nitrogens with zero attached hydrogens (tertiary/aromatic N) is 6. The van der Waals surface area contributed by atoms with Gasteiger partial charge < -0.3 is 4.90 Å². The van der Waals surface area contributed by atoms with Crippen molar-refractivity contribution in [3.8, 4) is 0 Å². The molecule has 146 valence electrons. The number of hydrogen-bond acceptors (Lipinski definition) is 6. The summed E-state index contributed by atoms with van der Waals surface area (Å²) < 4.78 is 42.8. The van der Waals surface area contributed by atoms with E-state index in [1.165, 1.54) is 22.5 Å². The number of piperazine rings is 1. The normalized spacial score (nSPS) is 18.7. The van der Waals surface area contributed by atoms with Gasteiger partial charge in [-0.25, -0.2) is 17.8 Å². The first-order valence-corrected chi connectivity index (χ1v) is 10.7. The fourth-order valence-corrected chi connectivity index (χ4v) is 5.09. The van der Waals surface area contributed by atoms with Crippen LogP contribution in [-0.2, 0) is 10.0 Å². The van der Waals surface area contributed by atoms with Crippen LogP contribution in [0.2, 0.25) is 0 Å². The first-order valence-electron chi connectivity index (χ1n) is 9.25. The van der Waals surface area contributed by atoms with E-state index >= 15 is 0 Å².